The summed E-state index contributed by atoms with van der Waals surface area (Å²) >= 11 is 0. The second-order valence-electron chi connectivity index (χ2n) is 5.75. The molecule has 0 aliphatic heterocycles. The van der Waals surface area contributed by atoms with Gasteiger partial charge in [-0.3, -0.25) is 0 Å². The van der Waals surface area contributed by atoms with Crippen LogP contribution in [-0.2, 0) is 11.2 Å². The summed E-state index contributed by atoms with van der Waals surface area (Å²) in [5, 5.41) is 39.6. The van der Waals surface area contributed by atoms with E-state index >= 15 is 0 Å². The number of nitrogens with one attached hydrogen (secondary N) is 1. The summed E-state index contributed by atoms with van der Waals surface area (Å²) < 4.78 is 31.7. The normalized spacial score (nSPS) is 20.1. The number of phenolic OH excluding ortho intramolecular Hbond substituents is 2. The van der Waals surface area contributed by atoms with Crippen LogP contribution in [0.15, 0.2) is 12.1 Å². The molecule has 0 saturated carbocycles. The Morgan fingerprint density at radius 1 is 1.25 bits per heavy atom. The van der Waals surface area contributed by atoms with Crippen LogP contribution in [0.3, 0.4) is 0 Å². The number of carbonyl (C=O) groups is 1. The molecule has 9 heteroatoms. The summed E-state index contributed by atoms with van der Waals surface area (Å²) in [5.41, 5.74) is 1.62. The van der Waals surface area contributed by atoms with Crippen molar-refractivity contribution < 1.29 is 38.4 Å². The molecule has 0 unspecified atom stereocenters. The van der Waals surface area contributed by atoms with Gasteiger partial charge in [-0.1, -0.05) is 13.8 Å². The number of hydrogen-bond acceptors (Lipinski definition) is 5. The maximum atomic E-state index is 10.6. The van der Waals surface area contributed by atoms with E-state index < -0.39 is 18.2 Å². The van der Waals surface area contributed by atoms with Gasteiger partial charge in [0.2, 0.25) is 0 Å². The van der Waals surface area contributed by atoms with Gasteiger partial charge >= 0.3 is 12.1 Å². The first-order chi connectivity index (χ1) is 10.9. The summed E-state index contributed by atoms with van der Waals surface area (Å²) in [4.78, 5) is 8.90. The molecule has 24 heavy (non-hydrogen) atoms. The van der Waals surface area contributed by atoms with E-state index in [9.17, 15) is 28.5 Å². The van der Waals surface area contributed by atoms with E-state index in [4.69, 9.17) is 9.90 Å². The average molecular weight is 351 g/mol. The van der Waals surface area contributed by atoms with Crippen LogP contribution in [0.5, 0.6) is 11.5 Å². The van der Waals surface area contributed by atoms with Crippen molar-refractivity contribution in [1.82, 2.24) is 5.32 Å². The lowest BCUT2D eigenvalue weighted by Gasteiger charge is -2.32. The van der Waals surface area contributed by atoms with E-state index in [1.54, 1.807) is 6.07 Å². The lowest BCUT2D eigenvalue weighted by molar-refractivity contribution is -0.192. The molecule has 1 aromatic rings. The van der Waals surface area contributed by atoms with Crippen LogP contribution < -0.4 is 5.32 Å². The number of rotatable bonds is 2. The van der Waals surface area contributed by atoms with E-state index in [1.807, 2.05) is 13.8 Å². The molecule has 0 saturated heterocycles. The Kier molecular flexibility index (Phi) is 6.44. The lowest BCUT2D eigenvalue weighted by atomic mass is 9.85. The summed E-state index contributed by atoms with van der Waals surface area (Å²) in [7, 11) is 0. The molecule has 0 amide bonds. The number of aliphatic hydroxyl groups excluding tert-OH is 1. The van der Waals surface area contributed by atoms with Crippen molar-refractivity contribution in [2.24, 2.45) is 0 Å². The standard InChI is InChI=1S/C13H19NO3.C2HF3O2/c1-7(2)14-10-4-3-8-5-11(15)12(16)6-9(8)13(10)17;3-2(4,5)1(6)7/h5-7,10,13-17H,3-4H2,1-2H3;(H,6,7)/t10-,13-;/m1./s1. The lowest BCUT2D eigenvalue weighted by Crippen LogP contribution is -2.41. The van der Waals surface area contributed by atoms with Gasteiger partial charge in [0, 0.05) is 12.1 Å². The van der Waals surface area contributed by atoms with Crippen molar-refractivity contribution in [1.29, 1.82) is 0 Å². The number of carboxylic acid groups (broad SMARTS) is 1. The topological polar surface area (TPSA) is 110 Å². The highest BCUT2D eigenvalue weighted by Gasteiger charge is 2.38. The third-order valence-electron chi connectivity index (χ3n) is 3.45. The van der Waals surface area contributed by atoms with Gasteiger partial charge in [-0.05, 0) is 36.1 Å². The zero-order valence-corrected chi connectivity index (χ0v) is 13.1. The van der Waals surface area contributed by atoms with Gasteiger partial charge in [0.05, 0.1) is 6.10 Å². The molecule has 0 heterocycles. The minimum atomic E-state index is -5.08. The molecule has 2 atom stereocenters. The molecule has 136 valence electrons. The number of hydrogen-bond donors (Lipinski definition) is 5. The minimum absolute atomic E-state index is 0.00597. The quantitative estimate of drug-likeness (QED) is 0.522. The Morgan fingerprint density at radius 2 is 1.75 bits per heavy atom. The molecule has 1 aromatic carbocycles. The zero-order valence-electron chi connectivity index (χ0n) is 13.1. The zero-order chi connectivity index (χ0) is 18.7. The SMILES string of the molecule is CC(C)N[C@@H]1CCc2cc(O)c(O)cc2[C@H]1O.O=C(O)C(F)(F)F. The summed E-state index contributed by atoms with van der Waals surface area (Å²) in [6.07, 6.45) is -4.09. The van der Waals surface area contributed by atoms with Gasteiger partial charge in [0.15, 0.2) is 11.5 Å². The number of aliphatic carboxylic acids is 1. The number of phenols is 2. The fourth-order valence-corrected chi connectivity index (χ4v) is 2.42. The van der Waals surface area contributed by atoms with Crippen molar-refractivity contribution in [2.45, 2.75) is 51.1 Å². The van der Waals surface area contributed by atoms with Crippen molar-refractivity contribution in [3.63, 3.8) is 0 Å². The van der Waals surface area contributed by atoms with Gasteiger partial charge in [0.25, 0.3) is 0 Å². The molecule has 0 bridgehead atoms. The molecule has 5 N–H and O–H groups in total. The molecule has 0 spiro atoms. The number of aliphatic hydroxyl groups is 1. The van der Waals surface area contributed by atoms with Gasteiger partial charge in [-0.15, -0.1) is 0 Å². The molecule has 0 aromatic heterocycles. The second kappa shape index (κ2) is 7.71. The van der Waals surface area contributed by atoms with E-state index in [0.29, 0.717) is 11.6 Å². The Balaban J connectivity index is 0.000000351. The Hall–Kier alpha value is -2.00. The van der Waals surface area contributed by atoms with Gasteiger partial charge in [-0.25, -0.2) is 4.79 Å². The van der Waals surface area contributed by atoms with Crippen LogP contribution >= 0.6 is 0 Å². The van der Waals surface area contributed by atoms with E-state index in [-0.39, 0.29) is 17.5 Å². The number of benzene rings is 1. The third-order valence-corrected chi connectivity index (χ3v) is 3.45. The van der Waals surface area contributed by atoms with E-state index in [0.717, 1.165) is 18.4 Å². The Bertz CT molecular complexity index is 589. The first kappa shape index (κ1) is 20.0. The molecular weight excluding hydrogens is 331 g/mol. The van der Waals surface area contributed by atoms with Crippen molar-refractivity contribution in [3.8, 4) is 11.5 Å². The smallest absolute Gasteiger partial charge is 0.490 e. The number of halogens is 3. The van der Waals surface area contributed by atoms with Crippen LogP contribution in [0.2, 0.25) is 0 Å². The van der Waals surface area contributed by atoms with Crippen molar-refractivity contribution in [2.75, 3.05) is 0 Å². The Labute approximate surface area is 136 Å². The highest BCUT2D eigenvalue weighted by Crippen LogP contribution is 2.37. The van der Waals surface area contributed by atoms with Crippen molar-refractivity contribution in [3.05, 3.63) is 23.3 Å². The van der Waals surface area contributed by atoms with Gasteiger partial charge in [-0.2, -0.15) is 13.2 Å². The highest BCUT2D eigenvalue weighted by atomic mass is 19.4. The number of alkyl halides is 3. The third kappa shape index (κ3) is 5.27. The van der Waals surface area contributed by atoms with Gasteiger partial charge < -0.3 is 25.7 Å². The minimum Gasteiger partial charge on any atom is -0.504 e. The molecule has 1 aliphatic rings. The van der Waals surface area contributed by atoms with Crippen molar-refractivity contribution >= 4 is 5.97 Å². The molecule has 0 fully saturated rings. The predicted octanol–water partition coefficient (Wildman–Crippen LogP) is 2.08. The number of aromatic hydroxyl groups is 2. The molecular formula is C15H20F3NO5. The van der Waals surface area contributed by atoms with Crippen LogP contribution in [0.1, 0.15) is 37.5 Å². The fraction of sp³-hybridized carbons (Fsp3) is 0.533. The number of fused-ring (bicyclic) bond motifs is 1. The monoisotopic (exact) mass is 351 g/mol. The first-order valence-electron chi connectivity index (χ1n) is 7.22. The fourth-order valence-electron chi connectivity index (χ4n) is 2.42. The number of carboxylic acids is 1. The Morgan fingerprint density at radius 3 is 2.21 bits per heavy atom. The van der Waals surface area contributed by atoms with E-state index in [2.05, 4.69) is 5.32 Å². The maximum Gasteiger partial charge on any atom is 0.490 e. The van der Waals surface area contributed by atoms with Crippen LogP contribution in [-0.4, -0.2) is 44.7 Å². The van der Waals surface area contributed by atoms with Crippen LogP contribution in [0.25, 0.3) is 0 Å². The summed E-state index contributed by atoms with van der Waals surface area (Å²) in [6, 6.07) is 3.32. The van der Waals surface area contributed by atoms with Gasteiger partial charge in [0.1, 0.15) is 0 Å². The molecule has 2 rings (SSSR count). The highest BCUT2D eigenvalue weighted by molar-refractivity contribution is 5.73. The van der Waals surface area contributed by atoms with Crippen LogP contribution in [0.4, 0.5) is 13.2 Å². The summed E-state index contributed by atoms with van der Waals surface area (Å²) in [6.45, 7) is 4.08. The number of aryl methyl sites for hydroxylation is 1. The van der Waals surface area contributed by atoms with E-state index in [1.165, 1.54) is 6.07 Å². The largest absolute Gasteiger partial charge is 0.504 e. The maximum absolute atomic E-state index is 10.6. The second-order valence-corrected chi connectivity index (χ2v) is 5.75. The average Bonchev–Trinajstić information content (AvgIpc) is 2.44. The molecule has 6 nitrogen and oxygen atoms in total. The molecule has 1 aliphatic carbocycles. The molecule has 0 radical (unpaired) electrons. The first-order valence-corrected chi connectivity index (χ1v) is 7.22. The van der Waals surface area contributed by atoms with Crippen LogP contribution in [0, 0.1) is 0 Å². The predicted molar refractivity (Wildman–Crippen MR) is 78.8 cm³/mol. The summed E-state index contributed by atoms with van der Waals surface area (Å²) in [5.74, 6) is -3.05.